The summed E-state index contributed by atoms with van der Waals surface area (Å²) in [5, 5.41) is 11.9. The Balaban J connectivity index is 1.43. The molecule has 0 saturated carbocycles. The predicted octanol–water partition coefficient (Wildman–Crippen LogP) is 5.35. The highest BCUT2D eigenvalue weighted by Crippen LogP contribution is 2.37. The number of rotatable bonds is 4. The average Bonchev–Trinajstić information content (AvgIpc) is 3.15. The summed E-state index contributed by atoms with van der Waals surface area (Å²) in [6.45, 7) is 5.49. The number of nitrogens with zero attached hydrogens (tertiary/aromatic N) is 3. The number of carbonyl (C=O) groups is 1. The molecule has 7 heteroatoms. The normalized spacial score (nSPS) is 14.7. The quantitative estimate of drug-likeness (QED) is 0.420. The van der Waals surface area contributed by atoms with Crippen molar-refractivity contribution in [2.75, 3.05) is 13.1 Å². The Bertz CT molecular complexity index is 1080. The lowest BCUT2D eigenvalue weighted by molar-refractivity contribution is -0.384. The van der Waals surface area contributed by atoms with Crippen LogP contribution in [0.5, 0.6) is 0 Å². The highest BCUT2D eigenvalue weighted by Gasteiger charge is 2.27. The maximum Gasteiger partial charge on any atom is 0.269 e. The number of aryl methyl sites for hydroxylation is 2. The Hall–Kier alpha value is -3.06. The van der Waals surface area contributed by atoms with Crippen LogP contribution in [0.4, 0.5) is 5.69 Å². The van der Waals surface area contributed by atoms with Crippen molar-refractivity contribution in [1.82, 2.24) is 9.88 Å². The zero-order valence-corrected chi connectivity index (χ0v) is 17.8. The molecule has 30 heavy (non-hydrogen) atoms. The van der Waals surface area contributed by atoms with E-state index in [0.29, 0.717) is 24.6 Å². The number of thiazole rings is 1. The van der Waals surface area contributed by atoms with Gasteiger partial charge in [-0.3, -0.25) is 14.9 Å². The van der Waals surface area contributed by atoms with Gasteiger partial charge in [0.25, 0.3) is 11.6 Å². The van der Waals surface area contributed by atoms with Crippen LogP contribution >= 0.6 is 11.3 Å². The molecular weight excluding hydrogens is 398 g/mol. The fraction of sp³-hybridized carbons (Fsp3) is 0.304. The molecule has 3 aromatic rings. The standard InChI is InChI=1S/C23H23N3O3S/c1-15-4-3-5-19(14-15)21-16(2)24-22(30-21)17-10-12-25(13-11-17)23(27)18-6-8-20(9-7-18)26(28)29/h3-9,14,17H,10-13H2,1-2H3. The summed E-state index contributed by atoms with van der Waals surface area (Å²) in [5.41, 5.74) is 3.99. The number of carbonyl (C=O) groups excluding carboxylic acids is 1. The first-order valence-corrected chi connectivity index (χ1v) is 10.8. The monoisotopic (exact) mass is 421 g/mol. The lowest BCUT2D eigenvalue weighted by Crippen LogP contribution is -2.37. The summed E-state index contributed by atoms with van der Waals surface area (Å²) in [4.78, 5) is 31.0. The van der Waals surface area contributed by atoms with Crippen LogP contribution in [0.25, 0.3) is 10.4 Å². The van der Waals surface area contributed by atoms with Crippen molar-refractivity contribution in [1.29, 1.82) is 0 Å². The number of hydrogen-bond donors (Lipinski definition) is 0. The summed E-state index contributed by atoms with van der Waals surface area (Å²) in [7, 11) is 0. The Labute approximate surface area is 179 Å². The number of nitro benzene ring substituents is 1. The third kappa shape index (κ3) is 4.11. The second kappa shape index (κ2) is 8.36. The number of benzene rings is 2. The van der Waals surface area contributed by atoms with E-state index in [1.165, 1.54) is 40.3 Å². The van der Waals surface area contributed by atoms with Crippen LogP contribution in [0.1, 0.15) is 45.4 Å². The summed E-state index contributed by atoms with van der Waals surface area (Å²) in [5.74, 6) is 0.285. The van der Waals surface area contributed by atoms with Gasteiger partial charge in [-0.1, -0.05) is 29.8 Å². The van der Waals surface area contributed by atoms with Gasteiger partial charge < -0.3 is 4.90 Å². The van der Waals surface area contributed by atoms with Crippen molar-refractivity contribution in [3.05, 3.63) is 80.5 Å². The van der Waals surface area contributed by atoms with Crippen molar-refractivity contribution in [2.45, 2.75) is 32.6 Å². The van der Waals surface area contributed by atoms with Gasteiger partial charge in [-0.05, 0) is 44.4 Å². The number of piperidine rings is 1. The molecule has 1 aliphatic heterocycles. The smallest absolute Gasteiger partial charge is 0.269 e. The van der Waals surface area contributed by atoms with Crippen LogP contribution in [0, 0.1) is 24.0 Å². The van der Waals surface area contributed by atoms with Crippen LogP contribution in [-0.4, -0.2) is 33.8 Å². The van der Waals surface area contributed by atoms with Crippen molar-refractivity contribution >= 4 is 22.9 Å². The van der Waals surface area contributed by atoms with E-state index in [-0.39, 0.29) is 11.6 Å². The van der Waals surface area contributed by atoms with Gasteiger partial charge in [-0.2, -0.15) is 0 Å². The number of aromatic nitrogens is 1. The van der Waals surface area contributed by atoms with Crippen molar-refractivity contribution in [3.8, 4) is 10.4 Å². The maximum atomic E-state index is 12.7. The Kier molecular flexibility index (Phi) is 5.63. The van der Waals surface area contributed by atoms with Gasteiger partial charge in [-0.15, -0.1) is 11.3 Å². The van der Waals surface area contributed by atoms with E-state index in [1.807, 2.05) is 4.90 Å². The molecule has 1 amide bonds. The molecule has 2 aromatic carbocycles. The van der Waals surface area contributed by atoms with Crippen LogP contribution in [0.15, 0.2) is 48.5 Å². The van der Waals surface area contributed by atoms with E-state index in [9.17, 15) is 14.9 Å². The SMILES string of the molecule is Cc1cccc(-c2sc(C3CCN(C(=O)c4ccc([N+](=O)[O-])cc4)CC3)nc2C)c1. The summed E-state index contributed by atoms with van der Waals surface area (Å²) < 4.78 is 0. The highest BCUT2D eigenvalue weighted by molar-refractivity contribution is 7.15. The lowest BCUT2D eigenvalue weighted by Gasteiger charge is -2.31. The first kappa shape index (κ1) is 20.2. The molecule has 0 atom stereocenters. The molecule has 0 unspecified atom stereocenters. The van der Waals surface area contributed by atoms with E-state index in [4.69, 9.17) is 4.98 Å². The molecule has 1 saturated heterocycles. The van der Waals surface area contributed by atoms with Crippen LogP contribution in [0.3, 0.4) is 0 Å². The van der Waals surface area contributed by atoms with Crippen LogP contribution in [0.2, 0.25) is 0 Å². The van der Waals surface area contributed by atoms with Crippen LogP contribution < -0.4 is 0 Å². The molecule has 0 N–H and O–H groups in total. The predicted molar refractivity (Wildman–Crippen MR) is 118 cm³/mol. The second-order valence-corrected chi connectivity index (χ2v) is 8.74. The molecule has 2 heterocycles. The Morgan fingerprint density at radius 3 is 2.47 bits per heavy atom. The minimum Gasteiger partial charge on any atom is -0.339 e. The fourth-order valence-electron chi connectivity index (χ4n) is 3.88. The largest absolute Gasteiger partial charge is 0.339 e. The van der Waals surface area contributed by atoms with E-state index in [0.717, 1.165) is 23.5 Å². The van der Waals surface area contributed by atoms with Gasteiger partial charge >= 0.3 is 0 Å². The van der Waals surface area contributed by atoms with Crippen molar-refractivity contribution in [3.63, 3.8) is 0 Å². The molecule has 0 aliphatic carbocycles. The molecule has 4 rings (SSSR count). The van der Waals surface area contributed by atoms with Gasteiger partial charge in [0.2, 0.25) is 0 Å². The highest BCUT2D eigenvalue weighted by atomic mass is 32.1. The fourth-order valence-corrected chi connectivity index (χ4v) is 5.12. The van der Waals surface area contributed by atoms with E-state index >= 15 is 0 Å². The average molecular weight is 422 g/mol. The lowest BCUT2D eigenvalue weighted by atomic mass is 9.97. The minimum absolute atomic E-state index is 0.00573. The van der Waals surface area contributed by atoms with Crippen LogP contribution in [-0.2, 0) is 0 Å². The molecular formula is C23H23N3O3S. The molecule has 0 spiro atoms. The maximum absolute atomic E-state index is 12.7. The molecule has 1 aromatic heterocycles. The molecule has 0 radical (unpaired) electrons. The third-order valence-corrected chi connectivity index (χ3v) is 6.92. The number of amides is 1. The molecule has 6 nitrogen and oxygen atoms in total. The summed E-state index contributed by atoms with van der Waals surface area (Å²) in [6.07, 6.45) is 1.75. The zero-order valence-electron chi connectivity index (χ0n) is 17.0. The first-order chi connectivity index (χ1) is 14.4. The van der Waals surface area contributed by atoms with Gasteiger partial charge in [0, 0.05) is 36.7 Å². The summed E-state index contributed by atoms with van der Waals surface area (Å²) in [6, 6.07) is 14.3. The van der Waals surface area contributed by atoms with Gasteiger partial charge in [0.15, 0.2) is 0 Å². The van der Waals surface area contributed by atoms with E-state index in [2.05, 4.69) is 38.1 Å². The van der Waals surface area contributed by atoms with Crippen molar-refractivity contribution < 1.29 is 9.72 Å². The first-order valence-electron chi connectivity index (χ1n) is 10.0. The molecule has 1 fully saturated rings. The van der Waals surface area contributed by atoms with E-state index in [1.54, 1.807) is 11.3 Å². The second-order valence-electron chi connectivity index (χ2n) is 7.71. The number of non-ortho nitro benzene ring substituents is 1. The molecule has 0 bridgehead atoms. The molecule has 1 aliphatic rings. The van der Waals surface area contributed by atoms with Crippen molar-refractivity contribution in [2.24, 2.45) is 0 Å². The zero-order chi connectivity index (χ0) is 21.3. The Morgan fingerprint density at radius 1 is 1.13 bits per heavy atom. The number of nitro groups is 1. The minimum atomic E-state index is -0.458. The van der Waals surface area contributed by atoms with Gasteiger partial charge in [0.05, 0.1) is 20.5 Å². The number of likely N-dealkylation sites (tertiary alicyclic amines) is 1. The third-order valence-electron chi connectivity index (χ3n) is 5.55. The number of hydrogen-bond acceptors (Lipinski definition) is 5. The van der Waals surface area contributed by atoms with E-state index < -0.39 is 4.92 Å². The summed E-state index contributed by atoms with van der Waals surface area (Å²) >= 11 is 1.76. The van der Waals surface area contributed by atoms with Gasteiger partial charge in [-0.25, -0.2) is 4.98 Å². The van der Waals surface area contributed by atoms with Gasteiger partial charge in [0.1, 0.15) is 0 Å². The topological polar surface area (TPSA) is 76.3 Å². The Morgan fingerprint density at radius 2 is 1.83 bits per heavy atom. The molecule has 154 valence electrons.